The van der Waals surface area contributed by atoms with Crippen molar-refractivity contribution in [1.82, 2.24) is 14.1 Å². The maximum atomic E-state index is 4.91. The van der Waals surface area contributed by atoms with Crippen LogP contribution in [0.5, 0.6) is 0 Å². The topological polar surface area (TPSA) is 29.2 Å². The molecule has 0 atom stereocenters. The summed E-state index contributed by atoms with van der Waals surface area (Å²) >= 11 is 1.80. The number of nitrogens with zero attached hydrogens (tertiary/aromatic N) is 5. The van der Waals surface area contributed by atoms with Crippen LogP contribution in [0.3, 0.4) is 0 Å². The second kappa shape index (κ2) is 11.0. The van der Waals surface area contributed by atoms with Crippen LogP contribution < -0.4 is 9.80 Å². The molecule has 0 N–H and O–H groups in total. The van der Waals surface area contributed by atoms with E-state index >= 15 is 0 Å². The number of para-hydroxylation sites is 4. The van der Waals surface area contributed by atoms with Gasteiger partial charge in [0.2, 0.25) is 0 Å². The van der Waals surface area contributed by atoms with Gasteiger partial charge in [-0.15, -0.1) is 0 Å². The van der Waals surface area contributed by atoms with E-state index in [0.717, 1.165) is 23.7 Å². The molecule has 49 heavy (non-hydrogen) atoms. The minimum absolute atomic E-state index is 0.832. The molecule has 234 valence electrons. The number of fused-ring (bicyclic) bond motifs is 8. The van der Waals surface area contributed by atoms with E-state index in [1.54, 1.807) is 11.8 Å². The van der Waals surface area contributed by atoms with Crippen molar-refractivity contribution in [3.63, 3.8) is 0 Å². The van der Waals surface area contributed by atoms with Gasteiger partial charge in [0.25, 0.3) is 0 Å². The van der Waals surface area contributed by atoms with Gasteiger partial charge < -0.3 is 14.4 Å². The smallest absolute Gasteiger partial charge is 0.137 e. The van der Waals surface area contributed by atoms with E-state index < -0.39 is 0 Å². The molecular formula is C43H31N5S. The molecular weight excluding hydrogens is 619 g/mol. The molecule has 0 saturated heterocycles. The fourth-order valence-electron chi connectivity index (χ4n) is 7.63. The van der Waals surface area contributed by atoms with Gasteiger partial charge in [-0.05, 0) is 78.9 Å². The maximum Gasteiger partial charge on any atom is 0.137 e. The van der Waals surface area contributed by atoms with Gasteiger partial charge in [0, 0.05) is 56.0 Å². The lowest BCUT2D eigenvalue weighted by molar-refractivity contribution is 0.948. The van der Waals surface area contributed by atoms with Gasteiger partial charge in [-0.2, -0.15) is 0 Å². The Balaban J connectivity index is 1.16. The van der Waals surface area contributed by atoms with Crippen LogP contribution in [-0.4, -0.2) is 27.8 Å². The number of aromatic nitrogens is 3. The van der Waals surface area contributed by atoms with Crippen LogP contribution >= 0.6 is 11.8 Å². The average molecular weight is 650 g/mol. The fourth-order valence-corrected chi connectivity index (χ4v) is 8.54. The van der Waals surface area contributed by atoms with Gasteiger partial charge in [0.05, 0.1) is 40.1 Å². The summed E-state index contributed by atoms with van der Waals surface area (Å²) in [5.74, 6) is 0.910. The Hall–Kier alpha value is -5.98. The molecule has 0 radical (unpaired) electrons. The largest absolute Gasteiger partial charge is 0.355 e. The summed E-state index contributed by atoms with van der Waals surface area (Å²) in [6, 6.07) is 54.6. The molecule has 6 aromatic carbocycles. The Labute approximate surface area is 288 Å². The molecule has 1 aliphatic rings. The van der Waals surface area contributed by atoms with Crippen LogP contribution in [-0.2, 0) is 0 Å². The molecule has 1 aliphatic heterocycles. The fraction of sp³-hybridized carbons (Fsp3) is 0.0465. The molecule has 6 heteroatoms. The lowest BCUT2D eigenvalue weighted by Gasteiger charge is -2.20. The van der Waals surface area contributed by atoms with E-state index in [-0.39, 0.29) is 0 Å². The third kappa shape index (κ3) is 4.38. The van der Waals surface area contributed by atoms with Crippen molar-refractivity contribution >= 4 is 72.4 Å². The molecule has 9 aromatic rings. The van der Waals surface area contributed by atoms with Crippen molar-refractivity contribution in [2.24, 2.45) is 0 Å². The second-order valence-corrected chi connectivity index (χ2v) is 13.7. The van der Waals surface area contributed by atoms with Gasteiger partial charge in [-0.1, -0.05) is 84.6 Å². The first-order valence-electron chi connectivity index (χ1n) is 16.6. The van der Waals surface area contributed by atoms with Gasteiger partial charge in [-0.3, -0.25) is 4.57 Å². The molecule has 0 aliphatic carbocycles. The summed E-state index contributed by atoms with van der Waals surface area (Å²) in [5, 5.41) is 4.90. The quantitative estimate of drug-likeness (QED) is 0.186. The minimum atomic E-state index is 0.832. The highest BCUT2D eigenvalue weighted by Gasteiger charge is 2.25. The van der Waals surface area contributed by atoms with Gasteiger partial charge in [0.15, 0.2) is 0 Å². The molecule has 0 bridgehead atoms. The maximum absolute atomic E-state index is 4.91. The summed E-state index contributed by atoms with van der Waals surface area (Å²) in [6.07, 6.45) is 1.89. The number of hydrogen-bond acceptors (Lipinski definition) is 4. The average Bonchev–Trinajstić information content (AvgIpc) is 3.79. The first-order chi connectivity index (χ1) is 24.2. The predicted octanol–water partition coefficient (Wildman–Crippen LogP) is 11.0. The van der Waals surface area contributed by atoms with Crippen molar-refractivity contribution < 1.29 is 0 Å². The van der Waals surface area contributed by atoms with E-state index in [4.69, 9.17) is 4.98 Å². The van der Waals surface area contributed by atoms with Crippen LogP contribution in [0.1, 0.15) is 0 Å². The lowest BCUT2D eigenvalue weighted by Crippen LogP contribution is -2.23. The Bertz CT molecular complexity index is 2690. The molecule has 0 unspecified atom stereocenters. The Kier molecular flexibility index (Phi) is 6.33. The standard InChI is InChI=1S/C43H31N5S/c1-45-28-46(38-19-8-7-18-37(38)45)30-14-11-15-31(26-30)49-32-21-22-33-34-23-24-39-42(43(34)48(40(33)27-32)41-20-9-10-25-44-41)35-16-5-6-17-36(35)47(39)29-12-3-2-4-13-29/h2-27H,28H2,1H3. The first kappa shape index (κ1) is 28.1. The monoisotopic (exact) mass is 649 g/mol. The summed E-state index contributed by atoms with van der Waals surface area (Å²) in [4.78, 5) is 12.0. The molecule has 0 fully saturated rings. The van der Waals surface area contributed by atoms with Gasteiger partial charge in [0.1, 0.15) is 5.82 Å². The van der Waals surface area contributed by atoms with E-state index in [0.29, 0.717) is 0 Å². The van der Waals surface area contributed by atoms with Crippen molar-refractivity contribution in [3.8, 4) is 11.5 Å². The number of pyridine rings is 1. The summed E-state index contributed by atoms with van der Waals surface area (Å²) in [5.41, 5.74) is 9.55. The lowest BCUT2D eigenvalue weighted by atomic mass is 10.1. The molecule has 5 nitrogen and oxygen atoms in total. The third-order valence-electron chi connectivity index (χ3n) is 9.73. The molecule has 0 amide bonds. The highest BCUT2D eigenvalue weighted by molar-refractivity contribution is 7.99. The Morgan fingerprint density at radius 2 is 1.29 bits per heavy atom. The van der Waals surface area contributed by atoms with Crippen molar-refractivity contribution in [1.29, 1.82) is 0 Å². The van der Waals surface area contributed by atoms with E-state index in [1.165, 1.54) is 64.9 Å². The van der Waals surface area contributed by atoms with Crippen LogP contribution in [0.4, 0.5) is 17.1 Å². The third-order valence-corrected chi connectivity index (χ3v) is 10.7. The van der Waals surface area contributed by atoms with E-state index in [9.17, 15) is 0 Å². The number of rotatable bonds is 5. The second-order valence-electron chi connectivity index (χ2n) is 12.6. The number of anilines is 3. The zero-order valence-corrected chi connectivity index (χ0v) is 27.7. The molecule has 10 rings (SSSR count). The molecule has 0 saturated carbocycles. The zero-order chi connectivity index (χ0) is 32.5. The van der Waals surface area contributed by atoms with Crippen LogP contribution in [0.15, 0.2) is 168 Å². The first-order valence-corrected chi connectivity index (χ1v) is 17.4. The minimum Gasteiger partial charge on any atom is -0.355 e. The van der Waals surface area contributed by atoms with Crippen molar-refractivity contribution in [2.75, 3.05) is 23.5 Å². The highest BCUT2D eigenvalue weighted by Crippen LogP contribution is 2.44. The summed E-state index contributed by atoms with van der Waals surface area (Å²) in [7, 11) is 2.15. The Morgan fingerprint density at radius 1 is 0.531 bits per heavy atom. The Morgan fingerprint density at radius 3 is 2.16 bits per heavy atom. The summed E-state index contributed by atoms with van der Waals surface area (Å²) in [6.45, 7) is 0.832. The predicted molar refractivity (Wildman–Crippen MR) is 205 cm³/mol. The molecule has 4 heterocycles. The SMILES string of the molecule is CN1CN(c2cccc(Sc3ccc4c5ccc6c(c7ccccc7n6-c6ccccc6)c5n(-c5ccccn5)c4c3)c2)c2ccccc21. The zero-order valence-electron chi connectivity index (χ0n) is 26.9. The molecule has 3 aromatic heterocycles. The molecule has 0 spiro atoms. The highest BCUT2D eigenvalue weighted by atomic mass is 32.2. The van der Waals surface area contributed by atoms with Gasteiger partial charge in [-0.25, -0.2) is 4.98 Å². The normalized spacial score (nSPS) is 12.9. The van der Waals surface area contributed by atoms with Gasteiger partial charge >= 0.3 is 0 Å². The van der Waals surface area contributed by atoms with Crippen LogP contribution in [0, 0.1) is 0 Å². The number of benzene rings is 6. The van der Waals surface area contributed by atoms with E-state index in [1.807, 2.05) is 12.3 Å². The van der Waals surface area contributed by atoms with E-state index in [2.05, 4.69) is 172 Å². The number of hydrogen-bond donors (Lipinski definition) is 0. The van der Waals surface area contributed by atoms with Crippen LogP contribution in [0.25, 0.3) is 55.1 Å². The van der Waals surface area contributed by atoms with Crippen LogP contribution in [0.2, 0.25) is 0 Å². The van der Waals surface area contributed by atoms with Crippen molar-refractivity contribution in [3.05, 3.63) is 158 Å². The van der Waals surface area contributed by atoms with Crippen molar-refractivity contribution in [2.45, 2.75) is 9.79 Å². The summed E-state index contributed by atoms with van der Waals surface area (Å²) < 4.78 is 4.75.